The van der Waals surface area contributed by atoms with Crippen molar-refractivity contribution in [3.8, 4) is 0 Å². The Hall–Kier alpha value is -2.00. The van der Waals surface area contributed by atoms with E-state index < -0.39 is 78.9 Å². The first-order valence-corrected chi connectivity index (χ1v) is 15.9. The predicted molar refractivity (Wildman–Crippen MR) is 123 cm³/mol. The Morgan fingerprint density at radius 3 is 1.92 bits per heavy atom. The number of hydrogen-bond acceptors (Lipinski definition) is 17. The third-order valence-corrected chi connectivity index (χ3v) is 8.06. The van der Waals surface area contributed by atoms with E-state index in [0.29, 0.717) is 6.26 Å². The zero-order chi connectivity index (χ0) is 29.5. The van der Waals surface area contributed by atoms with Gasteiger partial charge >= 0.3 is 43.0 Å². The maximum atomic E-state index is 11.9. The lowest BCUT2D eigenvalue weighted by atomic mass is 10.4. The summed E-state index contributed by atoms with van der Waals surface area (Å²) in [6.07, 6.45) is -1.89. The summed E-state index contributed by atoms with van der Waals surface area (Å²) in [5, 5.41) is 10.6. The second-order valence-corrected chi connectivity index (χ2v) is 12.7. The molecule has 0 fully saturated rings. The topological polar surface area (TPSA) is 282 Å². The van der Waals surface area contributed by atoms with Crippen LogP contribution in [0, 0.1) is 0 Å². The Balaban J connectivity index is 5.17. The number of amides is 1. The molecule has 1 atom stereocenters. The van der Waals surface area contributed by atoms with Gasteiger partial charge in [-0.15, -0.1) is 0 Å². The van der Waals surface area contributed by atoms with Crippen molar-refractivity contribution >= 4 is 53.0 Å². The maximum absolute atomic E-state index is 11.9. The van der Waals surface area contributed by atoms with Gasteiger partial charge in [-0.05, 0) is 0 Å². The van der Waals surface area contributed by atoms with Crippen molar-refractivity contribution in [1.29, 1.82) is 0 Å². The Bertz CT molecular complexity index is 1200. The molecule has 0 spiro atoms. The third kappa shape index (κ3) is 20.0. The van der Waals surface area contributed by atoms with Crippen molar-refractivity contribution in [2.24, 2.45) is 0 Å². The normalized spacial score (nSPS) is 13.4. The number of carbonyl (C=O) groups excluding carboxylic acids is 2. The molecule has 4 N–H and O–H groups in total. The minimum absolute atomic E-state index is 0.134. The smallest absolute Gasteiger partial charge is 0.407 e. The Kier molecular flexibility index (Phi) is 16.0. The van der Waals surface area contributed by atoms with Crippen molar-refractivity contribution in [2.75, 3.05) is 59.0 Å². The molecule has 0 saturated heterocycles. The first kappa shape index (κ1) is 36.0. The molecule has 1 unspecified atom stereocenters. The van der Waals surface area contributed by atoms with Gasteiger partial charge < -0.3 is 24.6 Å². The van der Waals surface area contributed by atoms with E-state index in [1.807, 2.05) is 5.32 Å². The Labute approximate surface area is 219 Å². The molecule has 0 aliphatic carbocycles. The second-order valence-electron chi connectivity index (χ2n) is 6.35. The zero-order valence-corrected chi connectivity index (χ0v) is 22.9. The van der Waals surface area contributed by atoms with Crippen LogP contribution in [0.3, 0.4) is 0 Å². The van der Waals surface area contributed by atoms with Crippen LogP contribution >= 0.6 is 0 Å². The number of ether oxygens (including phenoxy) is 3. The largest absolute Gasteiger partial charge is 0.461 e. The number of carbonyl (C=O) groups is 2. The number of nitrogens with one attached hydrogen (secondary N) is 3. The van der Waals surface area contributed by atoms with Crippen molar-refractivity contribution in [3.63, 3.8) is 0 Å². The molecule has 1 amide bonds. The fraction of sp³-hybridized carbons (Fsp3) is 0.714. The summed E-state index contributed by atoms with van der Waals surface area (Å²) in [5.74, 6) is -0.808. The highest BCUT2D eigenvalue weighted by Gasteiger charge is 2.27. The standard InChI is InChI=1S/C14H27N3O17S4/c1-3-13(19)30-6-4-15-14(20)34-12(10-32-36(23,24)16-35(2,21)22)11-33-38(27,28)17-37(25,26)31-9-8-29-7-5-18/h3,12,16-18H,1,4-11H2,2H3,(H,15,20). The summed E-state index contributed by atoms with van der Waals surface area (Å²) in [4.78, 5) is 22.8. The molecule has 0 aromatic carbocycles. The summed E-state index contributed by atoms with van der Waals surface area (Å²) >= 11 is 0. The highest BCUT2D eigenvalue weighted by molar-refractivity contribution is 8.02. The first-order chi connectivity index (χ1) is 17.4. The SMILES string of the molecule is C=CC(=O)OCCNC(=O)OC(COS(=O)(=O)NS(C)(=O)=O)COS(=O)(=O)NS(=O)(=O)OCCOCCO. The quantitative estimate of drug-likeness (QED) is 0.0526. The fourth-order valence-corrected chi connectivity index (χ4v) is 5.77. The maximum Gasteiger partial charge on any atom is 0.407 e. The number of aliphatic hydroxyl groups excluding tert-OH is 1. The third-order valence-electron chi connectivity index (χ3n) is 3.03. The van der Waals surface area contributed by atoms with Crippen molar-refractivity contribution in [3.05, 3.63) is 12.7 Å². The molecular formula is C14H27N3O17S4. The van der Waals surface area contributed by atoms with Crippen LogP contribution < -0.4 is 13.6 Å². The van der Waals surface area contributed by atoms with Gasteiger partial charge in [0, 0.05) is 6.08 Å². The van der Waals surface area contributed by atoms with Crippen molar-refractivity contribution < 1.29 is 75.1 Å². The number of rotatable bonds is 21. The molecule has 224 valence electrons. The number of hydrogen-bond donors (Lipinski definition) is 4. The summed E-state index contributed by atoms with van der Waals surface area (Å²) in [7, 11) is -19.4. The molecule has 20 nitrogen and oxygen atoms in total. The molecule has 0 aliphatic heterocycles. The van der Waals surface area contributed by atoms with Crippen LogP contribution in [-0.2, 0) is 72.5 Å². The molecule has 38 heavy (non-hydrogen) atoms. The van der Waals surface area contributed by atoms with Gasteiger partial charge in [-0.1, -0.05) is 14.8 Å². The van der Waals surface area contributed by atoms with Gasteiger partial charge in [-0.3, -0.25) is 12.5 Å². The molecule has 0 aliphatic rings. The minimum atomic E-state index is -5.17. The molecule has 0 saturated carbocycles. The van der Waals surface area contributed by atoms with E-state index in [4.69, 9.17) is 14.6 Å². The van der Waals surface area contributed by atoms with Crippen molar-refractivity contribution in [1.82, 2.24) is 13.6 Å². The lowest BCUT2D eigenvalue weighted by Crippen LogP contribution is -2.40. The van der Waals surface area contributed by atoms with Gasteiger partial charge in [-0.25, -0.2) is 18.0 Å². The van der Waals surface area contributed by atoms with Gasteiger partial charge in [0.1, 0.15) is 19.8 Å². The minimum Gasteiger partial charge on any atom is -0.461 e. The molecular weight excluding hydrogens is 610 g/mol. The molecule has 0 bridgehead atoms. The molecule has 24 heteroatoms. The van der Waals surface area contributed by atoms with E-state index in [1.54, 1.807) is 0 Å². The number of aliphatic hydroxyl groups is 1. The number of sulfonamides is 1. The number of esters is 1. The monoisotopic (exact) mass is 637 g/mol. The fourth-order valence-electron chi connectivity index (χ4n) is 1.76. The molecule has 0 aromatic heterocycles. The average Bonchev–Trinajstić information content (AvgIpc) is 2.75. The van der Waals surface area contributed by atoms with Gasteiger partial charge in [0.25, 0.3) is 0 Å². The summed E-state index contributed by atoms with van der Waals surface area (Å²) in [6.45, 7) is -1.42. The van der Waals surface area contributed by atoms with Gasteiger partial charge in [0.2, 0.25) is 10.0 Å². The van der Waals surface area contributed by atoms with E-state index in [9.17, 15) is 43.3 Å². The van der Waals surface area contributed by atoms with Crippen LogP contribution in [0.4, 0.5) is 4.79 Å². The lowest BCUT2D eigenvalue weighted by molar-refractivity contribution is -0.137. The number of alkyl carbamates (subject to hydrolysis) is 1. The molecule has 0 heterocycles. The molecule has 0 radical (unpaired) electrons. The van der Waals surface area contributed by atoms with Crippen LogP contribution in [0.2, 0.25) is 0 Å². The molecule has 0 aromatic rings. The predicted octanol–water partition coefficient (Wildman–Crippen LogP) is -4.26. The first-order valence-electron chi connectivity index (χ1n) is 9.78. The van der Waals surface area contributed by atoms with E-state index >= 15 is 0 Å². The zero-order valence-electron chi connectivity index (χ0n) is 19.6. The second kappa shape index (κ2) is 16.9. The van der Waals surface area contributed by atoms with Crippen LogP contribution in [-0.4, -0.2) is 116 Å². The van der Waals surface area contributed by atoms with Crippen LogP contribution in [0.25, 0.3) is 0 Å². The van der Waals surface area contributed by atoms with E-state index in [1.165, 1.54) is 0 Å². The Morgan fingerprint density at radius 2 is 1.39 bits per heavy atom. The average molecular weight is 638 g/mol. The Morgan fingerprint density at radius 1 is 0.842 bits per heavy atom. The van der Waals surface area contributed by atoms with Crippen LogP contribution in [0.1, 0.15) is 0 Å². The summed E-state index contributed by atoms with van der Waals surface area (Å²) in [6, 6.07) is 0. The van der Waals surface area contributed by atoms with E-state index in [2.05, 4.69) is 23.9 Å². The highest BCUT2D eigenvalue weighted by Crippen LogP contribution is 2.04. The molecule has 0 rings (SSSR count). The van der Waals surface area contributed by atoms with Crippen molar-refractivity contribution in [2.45, 2.75) is 6.10 Å². The van der Waals surface area contributed by atoms with Gasteiger partial charge in [0.05, 0.1) is 39.2 Å². The highest BCUT2D eigenvalue weighted by atomic mass is 32.3. The van der Waals surface area contributed by atoms with Crippen LogP contribution in [0.15, 0.2) is 12.7 Å². The van der Waals surface area contributed by atoms with Gasteiger partial charge in [0.15, 0.2) is 6.10 Å². The van der Waals surface area contributed by atoms with Crippen LogP contribution in [0.5, 0.6) is 0 Å². The lowest BCUT2D eigenvalue weighted by Gasteiger charge is -2.18. The summed E-state index contributed by atoms with van der Waals surface area (Å²) < 4.78 is 122. The summed E-state index contributed by atoms with van der Waals surface area (Å²) in [5.41, 5.74) is 0. The van der Waals surface area contributed by atoms with E-state index in [0.717, 1.165) is 14.3 Å². The van der Waals surface area contributed by atoms with E-state index in [-0.39, 0.29) is 33.0 Å². The van der Waals surface area contributed by atoms with Gasteiger partial charge in [-0.2, -0.15) is 25.3 Å².